The first kappa shape index (κ1) is 16.4. The van der Waals surface area contributed by atoms with Crippen LogP contribution in [0.2, 0.25) is 0 Å². The van der Waals surface area contributed by atoms with Gasteiger partial charge in [0, 0.05) is 21.3 Å². The molecule has 76 valence electrons. The zero-order valence-corrected chi connectivity index (χ0v) is 13.5. The Morgan fingerprint density at radius 1 is 0.417 bits per heavy atom. The molecule has 0 radical (unpaired) electrons. The Morgan fingerprint density at radius 3 is 0.667 bits per heavy atom. The Bertz CT molecular complexity index is 43.0. The Balaban J connectivity index is 0. The van der Waals surface area contributed by atoms with Crippen molar-refractivity contribution in [3.8, 4) is 0 Å². The van der Waals surface area contributed by atoms with Crippen LogP contribution in [0.1, 0.15) is 25.7 Å². The summed E-state index contributed by atoms with van der Waals surface area (Å²) in [6, 6.07) is 0. The highest BCUT2D eigenvalue weighted by Gasteiger charge is 1.78. The summed E-state index contributed by atoms with van der Waals surface area (Å²) in [7, 11) is 0. The molecule has 4 heteroatoms. The van der Waals surface area contributed by atoms with E-state index in [0.29, 0.717) is 0 Å². The maximum Gasteiger partial charge on any atom is 0.00315 e. The zero-order valence-electron chi connectivity index (χ0n) is 7.17. The second-order valence-corrected chi connectivity index (χ2v) is 5.34. The molecule has 0 fully saturated rings. The molecule has 12 heavy (non-hydrogen) atoms. The van der Waals surface area contributed by atoms with Crippen molar-refractivity contribution in [1.82, 2.24) is 0 Å². The molecule has 0 atom stereocenters. The number of hydrogen-bond acceptors (Lipinski definition) is 0. The summed E-state index contributed by atoms with van der Waals surface area (Å²) in [6.45, 7) is 0. The highest BCUT2D eigenvalue weighted by Crippen LogP contribution is 1.96. The summed E-state index contributed by atoms with van der Waals surface area (Å²) in [4.78, 5) is 0. The molecule has 0 aromatic rings. The predicted octanol–water partition coefficient (Wildman–Crippen LogP) is 5.11. The van der Waals surface area contributed by atoms with Crippen LogP contribution in [0.3, 0.4) is 0 Å². The van der Waals surface area contributed by atoms with Crippen molar-refractivity contribution in [3.05, 3.63) is 0 Å². The second kappa shape index (κ2) is 18.7. The average molecular weight is 432 g/mol. The van der Waals surface area contributed by atoms with Crippen molar-refractivity contribution in [2.45, 2.75) is 25.7 Å². The van der Waals surface area contributed by atoms with Crippen LogP contribution in [0, 0.1) is 0 Å². The minimum Gasteiger partial charge on any atom is -0.0928 e. The van der Waals surface area contributed by atoms with Gasteiger partial charge in [0.15, 0.2) is 0 Å². The number of halogens is 4. The van der Waals surface area contributed by atoms with E-state index >= 15 is 0 Å². The van der Waals surface area contributed by atoms with E-state index in [1.54, 1.807) is 0 Å². The fraction of sp³-hybridized carbons (Fsp3) is 1.00. The Labute approximate surface area is 110 Å². The SMILES string of the molecule is BrCCCCBr.BrCCCCBr. The fourth-order valence-corrected chi connectivity index (χ4v) is 1.96. The van der Waals surface area contributed by atoms with Crippen molar-refractivity contribution in [2.24, 2.45) is 0 Å². The largest absolute Gasteiger partial charge is 0.0928 e. The molecule has 0 aromatic heterocycles. The fourth-order valence-electron chi connectivity index (χ4n) is 0.378. The molecule has 0 aliphatic carbocycles. The molecule has 0 aromatic carbocycles. The molecule has 0 saturated heterocycles. The van der Waals surface area contributed by atoms with E-state index < -0.39 is 0 Å². The van der Waals surface area contributed by atoms with E-state index in [4.69, 9.17) is 0 Å². The quantitative estimate of drug-likeness (QED) is 0.405. The molecule has 0 N–H and O–H groups in total. The summed E-state index contributed by atoms with van der Waals surface area (Å²) < 4.78 is 0. The van der Waals surface area contributed by atoms with Crippen LogP contribution in [0.4, 0.5) is 0 Å². The van der Waals surface area contributed by atoms with Gasteiger partial charge in [-0.2, -0.15) is 0 Å². The highest BCUT2D eigenvalue weighted by atomic mass is 79.9. The molecule has 0 rings (SSSR count). The molecular formula is C8H16Br4. The predicted molar refractivity (Wildman–Crippen MR) is 73.6 cm³/mol. The number of unbranched alkanes of at least 4 members (excludes halogenated alkanes) is 2. The first-order valence-corrected chi connectivity index (χ1v) is 8.55. The summed E-state index contributed by atoms with van der Waals surface area (Å²) in [5, 5.41) is 4.55. The average Bonchev–Trinajstić information content (AvgIpc) is 2.12. The lowest BCUT2D eigenvalue weighted by molar-refractivity contribution is 0.919. The van der Waals surface area contributed by atoms with Gasteiger partial charge in [-0.15, -0.1) is 0 Å². The van der Waals surface area contributed by atoms with Gasteiger partial charge in [-0.3, -0.25) is 0 Å². The summed E-state index contributed by atoms with van der Waals surface area (Å²) in [5.74, 6) is 0. The van der Waals surface area contributed by atoms with E-state index in [-0.39, 0.29) is 0 Å². The first-order chi connectivity index (χ1) is 5.83. The van der Waals surface area contributed by atoms with Crippen LogP contribution in [0.25, 0.3) is 0 Å². The van der Waals surface area contributed by atoms with Crippen LogP contribution in [0.5, 0.6) is 0 Å². The van der Waals surface area contributed by atoms with Gasteiger partial charge >= 0.3 is 0 Å². The third kappa shape index (κ3) is 22.7. The van der Waals surface area contributed by atoms with Gasteiger partial charge < -0.3 is 0 Å². The van der Waals surface area contributed by atoms with Gasteiger partial charge in [0.05, 0.1) is 0 Å². The minimum atomic E-state index is 1.14. The van der Waals surface area contributed by atoms with E-state index in [1.165, 1.54) is 25.7 Å². The van der Waals surface area contributed by atoms with Gasteiger partial charge in [0.2, 0.25) is 0 Å². The molecule has 0 amide bonds. The molecule has 0 saturated carbocycles. The van der Waals surface area contributed by atoms with E-state index in [2.05, 4.69) is 63.7 Å². The minimum absolute atomic E-state index is 1.14. The highest BCUT2D eigenvalue weighted by molar-refractivity contribution is 9.09. The molecule has 0 nitrogen and oxygen atoms in total. The lowest BCUT2D eigenvalue weighted by Crippen LogP contribution is -1.73. The Hall–Kier alpha value is 1.92. The Morgan fingerprint density at radius 2 is 0.583 bits per heavy atom. The molecule has 0 unspecified atom stereocenters. The van der Waals surface area contributed by atoms with Crippen molar-refractivity contribution in [3.63, 3.8) is 0 Å². The molecule has 0 aliphatic rings. The normalized spacial score (nSPS) is 9.00. The number of alkyl halides is 4. The Kier molecular flexibility index (Phi) is 25.4. The van der Waals surface area contributed by atoms with E-state index in [0.717, 1.165) is 21.3 Å². The van der Waals surface area contributed by atoms with Crippen molar-refractivity contribution < 1.29 is 0 Å². The van der Waals surface area contributed by atoms with Crippen LogP contribution in [-0.2, 0) is 0 Å². The molecule has 0 spiro atoms. The van der Waals surface area contributed by atoms with Crippen LogP contribution in [0.15, 0.2) is 0 Å². The monoisotopic (exact) mass is 428 g/mol. The van der Waals surface area contributed by atoms with Gasteiger partial charge in [-0.05, 0) is 25.7 Å². The van der Waals surface area contributed by atoms with Crippen LogP contribution < -0.4 is 0 Å². The maximum absolute atomic E-state index is 3.33. The standard InChI is InChI=1S/2C4H8Br2/c2*5-3-1-2-4-6/h2*1-4H2. The first-order valence-electron chi connectivity index (χ1n) is 4.07. The molecule has 0 aliphatic heterocycles. The smallest absolute Gasteiger partial charge is 0.00315 e. The second-order valence-electron chi connectivity index (χ2n) is 2.17. The number of rotatable bonds is 6. The third-order valence-electron chi connectivity index (χ3n) is 1.03. The molecule has 0 heterocycles. The third-order valence-corrected chi connectivity index (χ3v) is 3.28. The zero-order chi connectivity index (χ0) is 9.66. The van der Waals surface area contributed by atoms with Gasteiger partial charge in [-0.25, -0.2) is 0 Å². The van der Waals surface area contributed by atoms with Gasteiger partial charge in [0.1, 0.15) is 0 Å². The number of hydrogen-bond donors (Lipinski definition) is 0. The maximum atomic E-state index is 3.33. The van der Waals surface area contributed by atoms with Crippen LogP contribution in [-0.4, -0.2) is 21.3 Å². The van der Waals surface area contributed by atoms with Crippen LogP contribution >= 0.6 is 63.7 Å². The lowest BCUT2D eigenvalue weighted by atomic mass is 10.4. The summed E-state index contributed by atoms with van der Waals surface area (Å²) in [6.07, 6.45) is 5.13. The molecule has 0 bridgehead atoms. The lowest BCUT2D eigenvalue weighted by Gasteiger charge is -1.83. The van der Waals surface area contributed by atoms with Gasteiger partial charge in [0.25, 0.3) is 0 Å². The van der Waals surface area contributed by atoms with Crippen molar-refractivity contribution in [2.75, 3.05) is 21.3 Å². The summed E-state index contributed by atoms with van der Waals surface area (Å²) in [5.41, 5.74) is 0. The summed E-state index contributed by atoms with van der Waals surface area (Å²) >= 11 is 13.3. The van der Waals surface area contributed by atoms with E-state index in [1.807, 2.05) is 0 Å². The van der Waals surface area contributed by atoms with E-state index in [9.17, 15) is 0 Å². The van der Waals surface area contributed by atoms with Crippen molar-refractivity contribution >= 4 is 63.7 Å². The molecular weight excluding hydrogens is 416 g/mol. The van der Waals surface area contributed by atoms with Gasteiger partial charge in [-0.1, -0.05) is 63.7 Å². The van der Waals surface area contributed by atoms with Crippen molar-refractivity contribution in [1.29, 1.82) is 0 Å². The topological polar surface area (TPSA) is 0 Å².